The SMILES string of the molecule is CON=C(C(=O)NC1C(=O)N2C(C(=O)O)=C(CSc3nncs3)CS[C@H]12)c1nc(N)sc1Cl. The molecule has 0 spiro atoms. The predicted molar refractivity (Wildman–Crippen MR) is 125 cm³/mol. The van der Waals surface area contributed by atoms with Crippen molar-refractivity contribution in [2.75, 3.05) is 24.3 Å². The monoisotopic (exact) mass is 547 g/mol. The van der Waals surface area contributed by atoms with Gasteiger partial charge >= 0.3 is 5.97 Å². The van der Waals surface area contributed by atoms with Gasteiger partial charge in [-0.05, 0) is 5.57 Å². The van der Waals surface area contributed by atoms with E-state index in [1.807, 2.05) is 0 Å². The number of aliphatic carboxylic acids is 1. The van der Waals surface area contributed by atoms with Gasteiger partial charge in [-0.3, -0.25) is 14.5 Å². The van der Waals surface area contributed by atoms with E-state index < -0.39 is 29.2 Å². The number of thiazole rings is 1. The maximum Gasteiger partial charge on any atom is 0.352 e. The molecule has 12 nitrogen and oxygen atoms in total. The second-order valence-corrected chi connectivity index (χ2v) is 11.2. The van der Waals surface area contributed by atoms with Crippen LogP contribution in [0.5, 0.6) is 0 Å². The van der Waals surface area contributed by atoms with E-state index in [4.69, 9.17) is 22.2 Å². The number of fused-ring (bicyclic) bond motifs is 1. The maximum atomic E-state index is 12.9. The lowest BCUT2D eigenvalue weighted by molar-refractivity contribution is -0.150. The van der Waals surface area contributed by atoms with Crippen LogP contribution in [0.1, 0.15) is 5.69 Å². The molecule has 0 saturated carbocycles. The van der Waals surface area contributed by atoms with Gasteiger partial charge in [-0.25, -0.2) is 9.78 Å². The summed E-state index contributed by atoms with van der Waals surface area (Å²) >= 11 is 11.1. The smallest absolute Gasteiger partial charge is 0.352 e. The van der Waals surface area contributed by atoms with Gasteiger partial charge in [0.25, 0.3) is 11.8 Å². The molecule has 1 saturated heterocycles. The number of thioether (sulfide) groups is 2. The Balaban J connectivity index is 1.51. The van der Waals surface area contributed by atoms with E-state index in [0.29, 0.717) is 21.4 Å². The fourth-order valence-electron chi connectivity index (χ4n) is 3.13. The number of β-lactam (4-membered cyclic amide) rings is 1. The summed E-state index contributed by atoms with van der Waals surface area (Å²) in [4.78, 5) is 47.6. The van der Waals surface area contributed by atoms with Gasteiger partial charge in [0.1, 0.15) is 39.8 Å². The third-order valence-corrected chi connectivity index (χ3v) is 8.84. The van der Waals surface area contributed by atoms with E-state index in [2.05, 4.69) is 25.7 Å². The molecular weight excluding hydrogens is 534 g/mol. The first-order chi connectivity index (χ1) is 15.8. The minimum Gasteiger partial charge on any atom is -0.477 e. The third-order valence-electron chi connectivity index (χ3n) is 4.47. The van der Waals surface area contributed by atoms with Crippen molar-refractivity contribution in [2.45, 2.75) is 15.8 Å². The Hall–Kier alpha value is -2.40. The highest BCUT2D eigenvalue weighted by atomic mass is 35.5. The van der Waals surface area contributed by atoms with E-state index in [1.165, 1.54) is 46.9 Å². The van der Waals surface area contributed by atoms with Gasteiger partial charge in [-0.1, -0.05) is 51.2 Å². The molecule has 4 N–H and O–H groups in total. The van der Waals surface area contributed by atoms with Crippen molar-refractivity contribution < 1.29 is 24.3 Å². The average Bonchev–Trinajstić information content (AvgIpc) is 3.42. The van der Waals surface area contributed by atoms with E-state index in [-0.39, 0.29) is 26.6 Å². The number of hydrogen-bond donors (Lipinski definition) is 3. The fraction of sp³-hybridized carbons (Fsp3) is 0.312. The summed E-state index contributed by atoms with van der Waals surface area (Å²) in [5, 5.41) is 23.2. The van der Waals surface area contributed by atoms with E-state index in [0.717, 1.165) is 11.3 Å². The molecule has 1 unspecified atom stereocenters. The molecule has 17 heteroatoms. The number of carbonyl (C=O) groups excluding carboxylic acids is 2. The first-order valence-corrected chi connectivity index (χ1v) is 13.1. The largest absolute Gasteiger partial charge is 0.477 e. The lowest BCUT2D eigenvalue weighted by atomic mass is 10.0. The summed E-state index contributed by atoms with van der Waals surface area (Å²) in [6.07, 6.45) is 0. The number of carboxylic acid groups (broad SMARTS) is 1. The molecular formula is C16H14ClN7O5S4. The molecule has 2 aliphatic heterocycles. The molecule has 2 aliphatic rings. The van der Waals surface area contributed by atoms with Crippen LogP contribution >= 0.6 is 57.8 Å². The molecule has 4 heterocycles. The number of carbonyl (C=O) groups is 3. The van der Waals surface area contributed by atoms with Crippen LogP contribution in [0.4, 0.5) is 5.13 Å². The Bertz CT molecular complexity index is 1170. The number of halogens is 1. The normalized spacial score (nSPS) is 20.4. The fourth-order valence-corrected chi connectivity index (χ4v) is 7.03. The first-order valence-electron chi connectivity index (χ1n) is 8.95. The number of rotatable bonds is 8. The number of amides is 2. The molecule has 0 aromatic carbocycles. The van der Waals surface area contributed by atoms with Crippen molar-refractivity contribution in [3.8, 4) is 0 Å². The Morgan fingerprint density at radius 3 is 2.91 bits per heavy atom. The van der Waals surface area contributed by atoms with Crippen LogP contribution in [0.2, 0.25) is 4.34 Å². The predicted octanol–water partition coefficient (Wildman–Crippen LogP) is 1.11. The van der Waals surface area contributed by atoms with Crippen molar-refractivity contribution in [1.82, 2.24) is 25.4 Å². The van der Waals surface area contributed by atoms with E-state index in [1.54, 1.807) is 5.51 Å². The quantitative estimate of drug-likeness (QED) is 0.187. The molecule has 2 amide bonds. The third kappa shape index (κ3) is 4.65. The summed E-state index contributed by atoms with van der Waals surface area (Å²) in [6, 6.07) is -0.953. The highest BCUT2D eigenvalue weighted by molar-refractivity contribution is 8.01. The summed E-state index contributed by atoms with van der Waals surface area (Å²) in [5.41, 5.74) is 7.52. The summed E-state index contributed by atoms with van der Waals surface area (Å²) in [6.45, 7) is 0. The zero-order valence-corrected chi connectivity index (χ0v) is 20.6. The summed E-state index contributed by atoms with van der Waals surface area (Å²) in [5.74, 6) is -1.77. The minimum atomic E-state index is -1.21. The number of nitrogen functional groups attached to an aromatic ring is 1. The van der Waals surface area contributed by atoms with Crippen molar-refractivity contribution in [3.63, 3.8) is 0 Å². The van der Waals surface area contributed by atoms with Crippen LogP contribution in [0, 0.1) is 0 Å². The Kier molecular flexibility index (Phi) is 7.08. The zero-order valence-electron chi connectivity index (χ0n) is 16.6. The number of nitrogens with one attached hydrogen (secondary N) is 1. The lowest BCUT2D eigenvalue weighted by Crippen LogP contribution is -2.71. The van der Waals surface area contributed by atoms with Crippen LogP contribution in [-0.4, -0.2) is 78.7 Å². The Labute approximate surface area is 207 Å². The van der Waals surface area contributed by atoms with Gasteiger partial charge < -0.3 is 21.0 Å². The van der Waals surface area contributed by atoms with Crippen LogP contribution in [-0.2, 0) is 19.2 Å². The van der Waals surface area contributed by atoms with Gasteiger partial charge in [0.15, 0.2) is 15.2 Å². The second-order valence-electron chi connectivity index (χ2n) is 6.41. The van der Waals surface area contributed by atoms with Crippen molar-refractivity contribution in [1.29, 1.82) is 0 Å². The number of nitrogens with two attached hydrogens (primary N) is 1. The molecule has 2 atom stereocenters. The molecule has 1 fully saturated rings. The Morgan fingerprint density at radius 1 is 1.52 bits per heavy atom. The number of aromatic nitrogens is 3. The van der Waals surface area contributed by atoms with Gasteiger partial charge in [0.05, 0.1) is 0 Å². The number of oxime groups is 1. The van der Waals surface area contributed by atoms with Crippen LogP contribution in [0.15, 0.2) is 26.3 Å². The zero-order chi connectivity index (χ0) is 23.7. The average molecular weight is 548 g/mol. The number of anilines is 1. The lowest BCUT2D eigenvalue weighted by Gasteiger charge is -2.49. The molecule has 33 heavy (non-hydrogen) atoms. The van der Waals surface area contributed by atoms with Crippen LogP contribution in [0.25, 0.3) is 0 Å². The Morgan fingerprint density at radius 2 is 2.30 bits per heavy atom. The topological polar surface area (TPSA) is 173 Å². The van der Waals surface area contributed by atoms with Crippen molar-refractivity contribution >= 4 is 86.4 Å². The summed E-state index contributed by atoms with van der Waals surface area (Å²) < 4.78 is 0.839. The second kappa shape index (κ2) is 9.84. The van der Waals surface area contributed by atoms with E-state index in [9.17, 15) is 19.5 Å². The molecule has 4 rings (SSSR count). The molecule has 0 aliphatic carbocycles. The van der Waals surface area contributed by atoms with Gasteiger partial charge in [-0.2, -0.15) is 0 Å². The van der Waals surface area contributed by atoms with Crippen LogP contribution in [0.3, 0.4) is 0 Å². The number of nitrogens with zero attached hydrogens (tertiary/aromatic N) is 5. The van der Waals surface area contributed by atoms with Gasteiger partial charge in [0.2, 0.25) is 0 Å². The van der Waals surface area contributed by atoms with Crippen LogP contribution < -0.4 is 11.1 Å². The first kappa shape index (κ1) is 23.7. The van der Waals surface area contributed by atoms with Gasteiger partial charge in [0, 0.05) is 11.5 Å². The van der Waals surface area contributed by atoms with Crippen molar-refractivity contribution in [2.24, 2.45) is 5.16 Å². The standard InChI is InChI=1S/C16H14ClN7O5S4/c1-29-23-7(6-10(17)33-15(18)21-6)11(25)20-8-12(26)24-9(14(27)28)5(2-30-13(8)24)3-31-16-22-19-4-32-16/h4,8,13H,2-3H2,1H3,(H2,18,21)(H,20,25)(H,27,28)/t8?,13-/m1/s1. The molecule has 174 valence electrons. The summed E-state index contributed by atoms with van der Waals surface area (Å²) in [7, 11) is 1.25. The molecule has 2 aromatic rings. The molecule has 0 radical (unpaired) electrons. The molecule has 2 aromatic heterocycles. The van der Waals surface area contributed by atoms with Gasteiger partial charge in [-0.15, -0.1) is 22.0 Å². The maximum absolute atomic E-state index is 12.9. The highest BCUT2D eigenvalue weighted by Gasteiger charge is 2.54. The molecule has 0 bridgehead atoms. The highest BCUT2D eigenvalue weighted by Crippen LogP contribution is 2.41. The van der Waals surface area contributed by atoms with E-state index >= 15 is 0 Å². The van der Waals surface area contributed by atoms with Crippen molar-refractivity contribution in [3.05, 3.63) is 26.8 Å². The number of carboxylic acids is 1. The minimum absolute atomic E-state index is 0.0283. The number of hydrogen-bond acceptors (Lipinski definition) is 13.